The Labute approximate surface area is 127 Å². The summed E-state index contributed by atoms with van der Waals surface area (Å²) >= 11 is 0. The van der Waals surface area contributed by atoms with Crippen LogP contribution in [0.1, 0.15) is 27.8 Å². The zero-order chi connectivity index (χ0) is 15.9. The monoisotopic (exact) mass is 301 g/mol. The molecule has 0 bridgehead atoms. The Kier molecular flexibility index (Phi) is 5.02. The van der Waals surface area contributed by atoms with Crippen LogP contribution in [0.5, 0.6) is 5.88 Å². The van der Waals surface area contributed by atoms with Gasteiger partial charge < -0.3 is 14.8 Å². The number of carbonyl (C=O) groups excluding carboxylic acids is 2. The van der Waals surface area contributed by atoms with Gasteiger partial charge in [0.25, 0.3) is 5.91 Å². The first-order chi connectivity index (χ1) is 10.6. The number of amides is 1. The summed E-state index contributed by atoms with van der Waals surface area (Å²) in [4.78, 5) is 31.2. The first kappa shape index (κ1) is 15.4. The van der Waals surface area contributed by atoms with Crippen LogP contribution in [0.15, 0.2) is 36.7 Å². The van der Waals surface area contributed by atoms with Gasteiger partial charge in [-0.2, -0.15) is 0 Å². The van der Waals surface area contributed by atoms with Gasteiger partial charge in [0.05, 0.1) is 19.3 Å². The fourth-order valence-electron chi connectivity index (χ4n) is 1.69. The van der Waals surface area contributed by atoms with E-state index >= 15 is 0 Å². The number of nitrogens with zero attached hydrogens (tertiary/aromatic N) is 2. The molecule has 2 rings (SSSR count). The number of aromatic nitrogens is 2. The lowest BCUT2D eigenvalue weighted by Gasteiger charge is -2.06. The first-order valence-electron chi connectivity index (χ1n) is 6.58. The molecular weight excluding hydrogens is 286 g/mol. The maximum absolute atomic E-state index is 12.1. The maximum Gasteiger partial charge on any atom is 0.337 e. The molecule has 0 radical (unpaired) electrons. The maximum atomic E-state index is 12.1. The van der Waals surface area contributed by atoms with Crippen LogP contribution in [0.25, 0.3) is 0 Å². The molecule has 114 valence electrons. The van der Waals surface area contributed by atoms with E-state index in [4.69, 9.17) is 4.74 Å². The average Bonchev–Trinajstić information content (AvgIpc) is 2.55. The van der Waals surface area contributed by atoms with Crippen molar-refractivity contribution in [2.75, 3.05) is 19.0 Å². The van der Waals surface area contributed by atoms with Crippen molar-refractivity contribution in [3.05, 3.63) is 47.9 Å². The van der Waals surface area contributed by atoms with Crippen molar-refractivity contribution in [2.45, 2.75) is 6.92 Å². The molecule has 1 aromatic carbocycles. The second-order valence-corrected chi connectivity index (χ2v) is 4.20. The summed E-state index contributed by atoms with van der Waals surface area (Å²) < 4.78 is 9.82. The second-order valence-electron chi connectivity index (χ2n) is 4.20. The molecule has 7 nitrogen and oxygen atoms in total. The van der Waals surface area contributed by atoms with E-state index in [1.165, 1.54) is 19.5 Å². The van der Waals surface area contributed by atoms with Gasteiger partial charge in [-0.1, -0.05) is 0 Å². The largest absolute Gasteiger partial charge is 0.478 e. The highest BCUT2D eigenvalue weighted by molar-refractivity contribution is 6.03. The number of nitrogens with one attached hydrogen (secondary N) is 1. The molecular formula is C15H15N3O4. The number of hydrogen-bond donors (Lipinski definition) is 1. The molecule has 22 heavy (non-hydrogen) atoms. The molecule has 2 aromatic rings. The number of methoxy groups -OCH3 is 1. The molecule has 0 spiro atoms. The molecule has 7 heteroatoms. The van der Waals surface area contributed by atoms with Crippen molar-refractivity contribution < 1.29 is 19.1 Å². The Morgan fingerprint density at radius 3 is 2.55 bits per heavy atom. The third-order valence-corrected chi connectivity index (χ3v) is 2.73. The van der Waals surface area contributed by atoms with Gasteiger partial charge in [-0.05, 0) is 31.2 Å². The molecule has 1 aromatic heterocycles. The van der Waals surface area contributed by atoms with Crippen LogP contribution in [-0.4, -0.2) is 35.6 Å². The molecule has 0 saturated carbocycles. The van der Waals surface area contributed by atoms with E-state index in [2.05, 4.69) is 20.0 Å². The number of benzene rings is 1. The Hall–Kier alpha value is -2.96. The lowest BCUT2D eigenvalue weighted by Crippen LogP contribution is -2.14. The van der Waals surface area contributed by atoms with Crippen LogP contribution in [-0.2, 0) is 4.74 Å². The fourth-order valence-corrected chi connectivity index (χ4v) is 1.69. The highest BCUT2D eigenvalue weighted by Gasteiger charge is 2.10. The molecule has 1 N–H and O–H groups in total. The molecule has 0 aliphatic heterocycles. The number of carbonyl (C=O) groups is 2. The number of hydrogen-bond acceptors (Lipinski definition) is 6. The van der Waals surface area contributed by atoms with Crippen molar-refractivity contribution in [3.8, 4) is 5.88 Å². The van der Waals surface area contributed by atoms with Crippen molar-refractivity contribution in [1.29, 1.82) is 0 Å². The van der Waals surface area contributed by atoms with Gasteiger partial charge in [-0.25, -0.2) is 14.8 Å². The Bertz CT molecular complexity index is 671. The minimum atomic E-state index is -0.435. The summed E-state index contributed by atoms with van der Waals surface area (Å²) in [6, 6.07) is 7.80. The summed E-state index contributed by atoms with van der Waals surface area (Å²) in [6.45, 7) is 2.28. The van der Waals surface area contributed by atoms with Gasteiger partial charge in [-0.15, -0.1) is 0 Å². The molecule has 0 aliphatic rings. The average molecular weight is 301 g/mol. The molecule has 1 heterocycles. The van der Waals surface area contributed by atoms with E-state index in [0.29, 0.717) is 23.7 Å². The summed E-state index contributed by atoms with van der Waals surface area (Å²) in [6.07, 6.45) is 1.26. The molecule has 0 atom stereocenters. The van der Waals surface area contributed by atoms with Crippen LogP contribution in [0, 0.1) is 0 Å². The van der Waals surface area contributed by atoms with Gasteiger partial charge >= 0.3 is 5.97 Å². The SMILES string of the molecule is CCOc1cc(C(=O)Nc2ccc(C(=O)OC)cc2)ncn1. The van der Waals surface area contributed by atoms with Crippen LogP contribution in [0.2, 0.25) is 0 Å². The summed E-state index contributed by atoms with van der Waals surface area (Å²) in [5, 5.41) is 2.67. The third-order valence-electron chi connectivity index (χ3n) is 2.73. The van der Waals surface area contributed by atoms with Gasteiger partial charge in [0.2, 0.25) is 5.88 Å². The number of esters is 1. The number of ether oxygens (including phenoxy) is 2. The van der Waals surface area contributed by atoms with Crippen LogP contribution < -0.4 is 10.1 Å². The van der Waals surface area contributed by atoms with Gasteiger partial charge in [-0.3, -0.25) is 4.79 Å². The third kappa shape index (κ3) is 3.78. The summed E-state index contributed by atoms with van der Waals surface area (Å²) in [5.74, 6) is -0.493. The standard InChI is InChI=1S/C15H15N3O4/c1-3-22-13-8-12(16-9-17-13)14(19)18-11-6-4-10(5-7-11)15(20)21-2/h4-9H,3H2,1-2H3,(H,18,19). The van der Waals surface area contributed by atoms with E-state index < -0.39 is 11.9 Å². The lowest BCUT2D eigenvalue weighted by molar-refractivity contribution is 0.0600. The lowest BCUT2D eigenvalue weighted by atomic mass is 10.2. The van der Waals surface area contributed by atoms with Gasteiger partial charge in [0, 0.05) is 11.8 Å². The molecule has 0 fully saturated rings. The van der Waals surface area contributed by atoms with E-state index in [-0.39, 0.29) is 5.69 Å². The normalized spacial score (nSPS) is 9.91. The Morgan fingerprint density at radius 2 is 1.91 bits per heavy atom. The highest BCUT2D eigenvalue weighted by Crippen LogP contribution is 2.13. The van der Waals surface area contributed by atoms with E-state index in [1.54, 1.807) is 24.3 Å². The zero-order valence-electron chi connectivity index (χ0n) is 12.2. The quantitative estimate of drug-likeness (QED) is 0.848. The number of rotatable bonds is 5. The van der Waals surface area contributed by atoms with Crippen LogP contribution in [0.3, 0.4) is 0 Å². The Morgan fingerprint density at radius 1 is 1.18 bits per heavy atom. The molecule has 0 unspecified atom stereocenters. The van der Waals surface area contributed by atoms with E-state index in [1.807, 2.05) is 6.92 Å². The predicted molar refractivity (Wildman–Crippen MR) is 78.9 cm³/mol. The molecule has 0 aliphatic carbocycles. The number of anilines is 1. The van der Waals surface area contributed by atoms with Crippen LogP contribution >= 0.6 is 0 Å². The second kappa shape index (κ2) is 7.16. The smallest absolute Gasteiger partial charge is 0.337 e. The van der Waals surface area contributed by atoms with Crippen molar-refractivity contribution in [2.24, 2.45) is 0 Å². The first-order valence-corrected chi connectivity index (χ1v) is 6.58. The minimum Gasteiger partial charge on any atom is -0.478 e. The molecule has 1 amide bonds. The van der Waals surface area contributed by atoms with Crippen molar-refractivity contribution in [3.63, 3.8) is 0 Å². The van der Waals surface area contributed by atoms with Crippen LogP contribution in [0.4, 0.5) is 5.69 Å². The van der Waals surface area contributed by atoms with Crippen molar-refractivity contribution >= 4 is 17.6 Å². The highest BCUT2D eigenvalue weighted by atomic mass is 16.5. The van der Waals surface area contributed by atoms with Crippen molar-refractivity contribution in [1.82, 2.24) is 9.97 Å². The topological polar surface area (TPSA) is 90.4 Å². The fraction of sp³-hybridized carbons (Fsp3) is 0.200. The van der Waals surface area contributed by atoms with E-state index in [0.717, 1.165) is 0 Å². The summed E-state index contributed by atoms with van der Waals surface area (Å²) in [5.41, 5.74) is 1.13. The van der Waals surface area contributed by atoms with Gasteiger partial charge in [0.1, 0.15) is 12.0 Å². The molecule has 0 saturated heterocycles. The van der Waals surface area contributed by atoms with Gasteiger partial charge in [0.15, 0.2) is 0 Å². The van der Waals surface area contributed by atoms with E-state index in [9.17, 15) is 9.59 Å². The minimum absolute atomic E-state index is 0.190. The zero-order valence-corrected chi connectivity index (χ0v) is 12.2. The summed E-state index contributed by atoms with van der Waals surface area (Å²) in [7, 11) is 1.31. The Balaban J connectivity index is 2.08. The predicted octanol–water partition coefficient (Wildman–Crippen LogP) is 1.91.